The summed E-state index contributed by atoms with van der Waals surface area (Å²) in [7, 11) is -7.51. The summed E-state index contributed by atoms with van der Waals surface area (Å²) in [5.41, 5.74) is 0. The second-order valence-electron chi connectivity index (χ2n) is 9.17. The van der Waals surface area contributed by atoms with E-state index in [1.807, 2.05) is 0 Å². The Morgan fingerprint density at radius 3 is 1.10 bits per heavy atom. The Hall–Kier alpha value is -2.65. The minimum Gasteiger partial charge on any atom is -0.793 e. The fourth-order valence-electron chi connectivity index (χ4n) is 3.69. The maximum atomic E-state index is 12.4. The second kappa shape index (κ2) is 17.3. The van der Waals surface area contributed by atoms with Gasteiger partial charge in [-0.3, -0.25) is 0 Å². The van der Waals surface area contributed by atoms with Gasteiger partial charge >= 0.3 is 16.5 Å². The van der Waals surface area contributed by atoms with E-state index >= 15 is 0 Å². The van der Waals surface area contributed by atoms with Crippen LogP contribution in [-0.4, -0.2) is 13.2 Å². The van der Waals surface area contributed by atoms with Crippen molar-refractivity contribution in [3.8, 4) is 11.5 Å². The van der Waals surface area contributed by atoms with Crippen molar-refractivity contribution in [2.45, 2.75) is 39.5 Å². The Morgan fingerprint density at radius 1 is 0.512 bits per heavy atom. The Morgan fingerprint density at radius 2 is 0.805 bits per heavy atom. The third-order valence-corrected chi connectivity index (χ3v) is 9.99. The summed E-state index contributed by atoms with van der Waals surface area (Å²) in [5.74, 6) is 1.41. The first-order chi connectivity index (χ1) is 19.3. The number of ether oxygens (including phenoxy) is 2. The molecule has 41 heavy (non-hydrogen) atoms. The molecule has 4 rings (SSSR count). The van der Waals surface area contributed by atoms with Crippen molar-refractivity contribution < 1.29 is 44.9 Å². The predicted octanol–water partition coefficient (Wildman–Crippen LogP) is 4.91. The van der Waals surface area contributed by atoms with Crippen LogP contribution >= 0.6 is 14.7 Å². The van der Waals surface area contributed by atoms with Crippen LogP contribution in [0.15, 0.2) is 109 Å². The topological polar surface area (TPSA) is 98.7 Å². The Kier molecular flexibility index (Phi) is 14.6. The summed E-state index contributed by atoms with van der Waals surface area (Å²) < 4.78 is 35.8. The van der Waals surface area contributed by atoms with Crippen molar-refractivity contribution in [3.63, 3.8) is 0 Å². The van der Waals surface area contributed by atoms with E-state index in [0.29, 0.717) is 45.9 Å². The molecule has 0 spiro atoms. The molecule has 220 valence electrons. The first-order valence-corrected chi connectivity index (χ1v) is 16.7. The number of rotatable bonds is 12. The van der Waals surface area contributed by atoms with E-state index in [2.05, 4.69) is 13.8 Å². The van der Waals surface area contributed by atoms with Gasteiger partial charge in [-0.2, -0.15) is 0 Å². The molecule has 0 radical (unpaired) electrons. The van der Waals surface area contributed by atoms with Crippen molar-refractivity contribution in [2.75, 3.05) is 13.2 Å². The minimum absolute atomic E-state index is 0. The van der Waals surface area contributed by atoms with Gasteiger partial charge in [-0.05, 0) is 61.4 Å². The van der Waals surface area contributed by atoms with Crippen molar-refractivity contribution in [1.29, 1.82) is 0 Å². The first kappa shape index (κ1) is 34.6. The summed E-state index contributed by atoms with van der Waals surface area (Å²) >= 11 is 0. The molecule has 0 heterocycles. The molecule has 0 aliphatic carbocycles. The van der Waals surface area contributed by atoms with Crippen molar-refractivity contribution in [1.82, 2.24) is 0 Å². The number of hydrogen-bond donors (Lipinski definition) is 0. The van der Waals surface area contributed by atoms with Crippen LogP contribution in [0.5, 0.6) is 11.5 Å². The van der Waals surface area contributed by atoms with Gasteiger partial charge in [-0.25, -0.2) is 0 Å². The third-order valence-electron chi connectivity index (χ3n) is 6.08. The monoisotopic (exact) mass is 636 g/mol. The van der Waals surface area contributed by atoms with Crippen molar-refractivity contribution in [2.24, 2.45) is 0 Å². The predicted molar refractivity (Wildman–Crippen MR) is 160 cm³/mol. The standard InChI is InChI=1S/2C16H19O3P.Ni/c2*1-2-3-13-19-14-9-11-16(12-10-14)20(17,18)15-7-5-4-6-8-15;/h2*4-12H,2-3,13H2,1H3,(H,17,18);/q;;+2/p-2. The molecule has 9 heteroatoms. The van der Waals surface area contributed by atoms with Crippen LogP contribution in [0.2, 0.25) is 0 Å². The van der Waals surface area contributed by atoms with Gasteiger partial charge in [0.25, 0.3) is 0 Å². The smallest absolute Gasteiger partial charge is 0.793 e. The number of benzene rings is 4. The zero-order valence-corrected chi connectivity index (χ0v) is 26.1. The Labute approximate surface area is 253 Å². The average molecular weight is 637 g/mol. The Balaban J connectivity index is 0.000000280. The molecule has 0 saturated carbocycles. The molecule has 0 N–H and O–H groups in total. The molecule has 0 bridgehead atoms. The van der Waals surface area contributed by atoms with E-state index in [4.69, 9.17) is 9.47 Å². The van der Waals surface area contributed by atoms with E-state index in [0.717, 1.165) is 25.7 Å². The fourth-order valence-corrected chi connectivity index (χ4v) is 6.50. The molecule has 0 saturated heterocycles. The summed E-state index contributed by atoms with van der Waals surface area (Å²) in [5, 5.41) is 1.29. The number of unbranched alkanes of at least 4 members (excludes halogenated alkanes) is 2. The molecule has 0 fully saturated rings. The molecule has 6 nitrogen and oxygen atoms in total. The van der Waals surface area contributed by atoms with Gasteiger partial charge in [-0.15, -0.1) is 0 Å². The zero-order valence-electron chi connectivity index (χ0n) is 23.3. The van der Waals surface area contributed by atoms with Crippen LogP contribution in [0.3, 0.4) is 0 Å². The van der Waals surface area contributed by atoms with Gasteiger partial charge in [0.1, 0.15) is 11.5 Å². The van der Waals surface area contributed by atoms with Crippen LogP contribution in [0.1, 0.15) is 39.5 Å². The molecule has 0 aromatic heterocycles. The van der Waals surface area contributed by atoms with E-state index in [9.17, 15) is 18.9 Å². The molecule has 4 aromatic rings. The molecular formula is C32H36NiO6P2. The second-order valence-corrected chi connectivity index (χ2v) is 13.4. The van der Waals surface area contributed by atoms with Crippen LogP contribution in [-0.2, 0) is 25.6 Å². The summed E-state index contributed by atoms with van der Waals surface area (Å²) in [6.07, 6.45) is 4.13. The summed E-state index contributed by atoms with van der Waals surface area (Å²) in [6, 6.07) is 30.2. The van der Waals surface area contributed by atoms with E-state index in [-0.39, 0.29) is 16.5 Å². The average Bonchev–Trinajstić information content (AvgIpc) is 2.99. The molecule has 4 aromatic carbocycles. The SMILES string of the molecule is CCCCOc1ccc(P(=O)([O-])c2ccccc2)cc1.CCCCOc1ccc(P(=O)([O-])c2ccccc2)cc1.[Ni+2]. The van der Waals surface area contributed by atoms with Crippen molar-refractivity contribution in [3.05, 3.63) is 109 Å². The van der Waals surface area contributed by atoms with E-state index in [1.165, 1.54) is 0 Å². The van der Waals surface area contributed by atoms with Gasteiger partial charge in [0, 0.05) is 21.2 Å². The van der Waals surface area contributed by atoms with Gasteiger partial charge in [-0.1, -0.05) is 87.4 Å². The van der Waals surface area contributed by atoms with Crippen LogP contribution < -0.4 is 40.5 Å². The Bertz CT molecular complexity index is 1270. The van der Waals surface area contributed by atoms with Crippen LogP contribution in [0.4, 0.5) is 0 Å². The summed E-state index contributed by atoms with van der Waals surface area (Å²) in [4.78, 5) is 24.8. The zero-order chi connectivity index (χ0) is 28.8. The number of hydrogen-bond acceptors (Lipinski definition) is 6. The minimum atomic E-state index is -3.75. The molecular weight excluding hydrogens is 601 g/mol. The molecule has 0 aliphatic rings. The largest absolute Gasteiger partial charge is 2.00 e. The van der Waals surface area contributed by atoms with Crippen molar-refractivity contribution >= 4 is 36.0 Å². The van der Waals surface area contributed by atoms with Gasteiger partial charge in [0.2, 0.25) is 0 Å². The molecule has 0 amide bonds. The quantitative estimate of drug-likeness (QED) is 0.125. The maximum Gasteiger partial charge on any atom is 2.00 e. The van der Waals surface area contributed by atoms with Gasteiger partial charge in [0.05, 0.1) is 28.0 Å². The van der Waals surface area contributed by atoms with E-state index in [1.54, 1.807) is 109 Å². The van der Waals surface area contributed by atoms with Crippen LogP contribution in [0, 0.1) is 0 Å². The maximum absolute atomic E-state index is 12.4. The van der Waals surface area contributed by atoms with Gasteiger partial charge < -0.3 is 28.4 Å². The third kappa shape index (κ3) is 10.3. The van der Waals surface area contributed by atoms with Gasteiger partial charge in [0.15, 0.2) is 0 Å². The fraction of sp³-hybridized carbons (Fsp3) is 0.250. The first-order valence-electron chi connectivity index (χ1n) is 13.5. The van der Waals surface area contributed by atoms with Crippen LogP contribution in [0.25, 0.3) is 0 Å². The summed E-state index contributed by atoms with van der Waals surface area (Å²) in [6.45, 7) is 5.51. The van der Waals surface area contributed by atoms with E-state index < -0.39 is 14.7 Å². The molecule has 2 unspecified atom stereocenters. The molecule has 0 aliphatic heterocycles. The molecule has 2 atom stereocenters. The normalized spacial score (nSPS) is 13.4.